The molecule has 0 atom stereocenters. The normalized spacial score (nSPS) is 11.9. The van der Waals surface area contributed by atoms with Gasteiger partial charge in [0.1, 0.15) is 5.75 Å². The standard InChI is InChI=1S/C22H25ClN2O2S2/c1-3-4-5-13-27-18-9-6-16(7-10-18)21(26)24-22-25(12-14-28-2)19-11-8-17(23)15-20(19)29-22/h6-11,15H,3-5,12-14H2,1-2H3. The number of fused-ring (bicyclic) bond motifs is 1. The summed E-state index contributed by atoms with van der Waals surface area (Å²) in [5.74, 6) is 1.47. The fourth-order valence-electron chi connectivity index (χ4n) is 2.92. The van der Waals surface area contributed by atoms with Crippen LogP contribution in [0.4, 0.5) is 0 Å². The van der Waals surface area contributed by atoms with Gasteiger partial charge in [0.2, 0.25) is 0 Å². The molecule has 3 aromatic rings. The van der Waals surface area contributed by atoms with Crippen LogP contribution in [0.1, 0.15) is 36.5 Å². The molecule has 0 N–H and O–H groups in total. The number of amides is 1. The lowest BCUT2D eigenvalue weighted by Gasteiger charge is -2.06. The van der Waals surface area contributed by atoms with Crippen LogP contribution in [0.15, 0.2) is 47.5 Å². The lowest BCUT2D eigenvalue weighted by Crippen LogP contribution is -2.18. The second kappa shape index (κ2) is 10.9. The van der Waals surface area contributed by atoms with Crippen LogP contribution in [0.2, 0.25) is 5.02 Å². The van der Waals surface area contributed by atoms with Crippen molar-refractivity contribution in [3.8, 4) is 5.75 Å². The Balaban J connectivity index is 1.83. The predicted octanol–water partition coefficient (Wildman–Crippen LogP) is 6.03. The number of unbranched alkanes of at least 4 members (excludes halogenated alkanes) is 2. The molecule has 7 heteroatoms. The van der Waals surface area contributed by atoms with Gasteiger partial charge in [0, 0.05) is 22.9 Å². The summed E-state index contributed by atoms with van der Waals surface area (Å²) in [6.45, 7) is 3.66. The second-order valence-electron chi connectivity index (χ2n) is 6.64. The van der Waals surface area contributed by atoms with Crippen LogP contribution in [0, 0.1) is 0 Å². The number of rotatable bonds is 9. The van der Waals surface area contributed by atoms with Crippen molar-refractivity contribution in [1.82, 2.24) is 4.57 Å². The smallest absolute Gasteiger partial charge is 0.279 e. The highest BCUT2D eigenvalue weighted by molar-refractivity contribution is 7.98. The molecule has 29 heavy (non-hydrogen) atoms. The zero-order valence-electron chi connectivity index (χ0n) is 16.7. The molecule has 1 amide bonds. The van der Waals surface area contributed by atoms with Crippen LogP contribution in [-0.2, 0) is 6.54 Å². The van der Waals surface area contributed by atoms with E-state index in [-0.39, 0.29) is 5.91 Å². The summed E-state index contributed by atoms with van der Waals surface area (Å²) >= 11 is 9.39. The van der Waals surface area contributed by atoms with Crippen LogP contribution >= 0.6 is 34.7 Å². The molecule has 0 aliphatic carbocycles. The molecule has 0 saturated heterocycles. The summed E-state index contributed by atoms with van der Waals surface area (Å²) in [4.78, 5) is 17.9. The first-order chi connectivity index (χ1) is 14.1. The molecule has 0 spiro atoms. The van der Waals surface area contributed by atoms with Gasteiger partial charge in [-0.2, -0.15) is 16.8 Å². The van der Waals surface area contributed by atoms with Crippen molar-refractivity contribution in [2.24, 2.45) is 4.99 Å². The van der Waals surface area contributed by atoms with Crippen molar-refractivity contribution >= 4 is 50.8 Å². The highest BCUT2D eigenvalue weighted by atomic mass is 35.5. The third-order valence-electron chi connectivity index (χ3n) is 4.48. The molecule has 0 unspecified atom stereocenters. The number of hydrogen-bond donors (Lipinski definition) is 0. The Labute approximate surface area is 184 Å². The van der Waals surface area contributed by atoms with Crippen LogP contribution in [0.5, 0.6) is 5.75 Å². The minimum atomic E-state index is -0.252. The van der Waals surface area contributed by atoms with Gasteiger partial charge < -0.3 is 9.30 Å². The summed E-state index contributed by atoms with van der Waals surface area (Å²) in [5.41, 5.74) is 1.61. The number of aromatic nitrogens is 1. The van der Waals surface area contributed by atoms with Gasteiger partial charge in [-0.1, -0.05) is 42.7 Å². The molecular weight excluding hydrogens is 424 g/mol. The molecule has 0 saturated carbocycles. The van der Waals surface area contributed by atoms with E-state index < -0.39 is 0 Å². The number of ether oxygens (including phenoxy) is 1. The second-order valence-corrected chi connectivity index (χ2v) is 9.07. The average Bonchev–Trinajstić information content (AvgIpc) is 3.05. The summed E-state index contributed by atoms with van der Waals surface area (Å²) in [6.07, 6.45) is 5.43. The number of thioether (sulfide) groups is 1. The summed E-state index contributed by atoms with van der Waals surface area (Å²) in [5, 5.41) is 0.683. The molecular formula is C22H25ClN2O2S2. The molecule has 4 nitrogen and oxygen atoms in total. The molecule has 3 rings (SSSR count). The summed E-state index contributed by atoms with van der Waals surface area (Å²) in [6, 6.07) is 13.0. The first kappa shape index (κ1) is 21.9. The fourth-order valence-corrected chi connectivity index (χ4v) is 4.61. The van der Waals surface area contributed by atoms with E-state index in [1.807, 2.05) is 30.3 Å². The molecule has 0 radical (unpaired) electrons. The molecule has 0 fully saturated rings. The Hall–Kier alpha value is -1.76. The molecule has 0 aliphatic heterocycles. The van der Waals surface area contributed by atoms with E-state index in [0.29, 0.717) is 22.0 Å². The number of carbonyl (C=O) groups excluding carboxylic acids is 1. The number of carbonyl (C=O) groups is 1. The Morgan fingerprint density at radius 3 is 2.72 bits per heavy atom. The third kappa shape index (κ3) is 5.87. The SMILES string of the molecule is CCCCCOc1ccc(C(=O)N=c2sc3cc(Cl)ccc3n2CCSC)cc1. The van der Waals surface area contributed by atoms with Crippen LogP contribution < -0.4 is 9.54 Å². The number of aryl methyl sites for hydroxylation is 1. The monoisotopic (exact) mass is 448 g/mol. The van der Waals surface area contributed by atoms with Gasteiger partial charge in [-0.05, 0) is 55.1 Å². The Kier molecular flexibility index (Phi) is 8.21. The number of benzene rings is 2. The van der Waals surface area contributed by atoms with Gasteiger partial charge in [-0.25, -0.2) is 0 Å². The van der Waals surface area contributed by atoms with Crippen molar-refractivity contribution in [2.75, 3.05) is 18.6 Å². The Morgan fingerprint density at radius 2 is 2.00 bits per heavy atom. The fraction of sp³-hybridized carbons (Fsp3) is 0.364. The molecule has 0 bridgehead atoms. The van der Waals surface area contributed by atoms with E-state index in [1.165, 1.54) is 17.8 Å². The molecule has 1 heterocycles. The van der Waals surface area contributed by atoms with Crippen molar-refractivity contribution in [3.05, 3.63) is 57.9 Å². The molecule has 154 valence electrons. The number of hydrogen-bond acceptors (Lipinski definition) is 4. The summed E-state index contributed by atoms with van der Waals surface area (Å²) < 4.78 is 8.84. The zero-order chi connectivity index (χ0) is 20.6. The number of thiazole rings is 1. The van der Waals surface area contributed by atoms with Gasteiger partial charge >= 0.3 is 0 Å². The van der Waals surface area contributed by atoms with Crippen molar-refractivity contribution < 1.29 is 9.53 Å². The molecule has 2 aromatic carbocycles. The minimum absolute atomic E-state index is 0.252. The van der Waals surface area contributed by atoms with Crippen LogP contribution in [0.3, 0.4) is 0 Å². The zero-order valence-corrected chi connectivity index (χ0v) is 19.1. The van der Waals surface area contributed by atoms with Gasteiger partial charge in [0.15, 0.2) is 4.80 Å². The van der Waals surface area contributed by atoms with E-state index in [0.717, 1.165) is 41.1 Å². The van der Waals surface area contributed by atoms with Gasteiger partial charge in [0.05, 0.1) is 16.8 Å². The Bertz CT molecular complexity index is 1030. The van der Waals surface area contributed by atoms with E-state index in [4.69, 9.17) is 16.3 Å². The van der Waals surface area contributed by atoms with E-state index in [9.17, 15) is 4.79 Å². The van der Waals surface area contributed by atoms with Crippen LogP contribution in [0.25, 0.3) is 10.2 Å². The van der Waals surface area contributed by atoms with Gasteiger partial charge in [-0.15, -0.1) is 0 Å². The van der Waals surface area contributed by atoms with Crippen molar-refractivity contribution in [3.63, 3.8) is 0 Å². The maximum absolute atomic E-state index is 12.7. The maximum Gasteiger partial charge on any atom is 0.279 e. The van der Waals surface area contributed by atoms with Gasteiger partial charge in [-0.3, -0.25) is 4.79 Å². The highest BCUT2D eigenvalue weighted by Gasteiger charge is 2.10. The molecule has 1 aromatic heterocycles. The van der Waals surface area contributed by atoms with Crippen molar-refractivity contribution in [2.45, 2.75) is 32.7 Å². The Morgan fingerprint density at radius 1 is 1.21 bits per heavy atom. The minimum Gasteiger partial charge on any atom is -0.494 e. The van der Waals surface area contributed by atoms with Crippen molar-refractivity contribution in [1.29, 1.82) is 0 Å². The first-order valence-electron chi connectivity index (χ1n) is 9.72. The lowest BCUT2D eigenvalue weighted by molar-refractivity contribution is 0.0998. The first-order valence-corrected chi connectivity index (χ1v) is 12.3. The van der Waals surface area contributed by atoms with E-state index >= 15 is 0 Å². The predicted molar refractivity (Wildman–Crippen MR) is 125 cm³/mol. The summed E-state index contributed by atoms with van der Waals surface area (Å²) in [7, 11) is 0. The van der Waals surface area contributed by atoms with E-state index in [1.54, 1.807) is 23.9 Å². The van der Waals surface area contributed by atoms with Crippen LogP contribution in [-0.4, -0.2) is 29.1 Å². The van der Waals surface area contributed by atoms with Gasteiger partial charge in [0.25, 0.3) is 5.91 Å². The largest absolute Gasteiger partial charge is 0.494 e. The number of halogens is 1. The lowest BCUT2D eigenvalue weighted by atomic mass is 10.2. The van der Waals surface area contributed by atoms with E-state index in [2.05, 4.69) is 22.7 Å². The quantitative estimate of drug-likeness (QED) is 0.375. The highest BCUT2D eigenvalue weighted by Crippen LogP contribution is 2.22. The maximum atomic E-state index is 12.7. The average molecular weight is 449 g/mol. The molecule has 0 aliphatic rings. The number of nitrogens with zero attached hydrogens (tertiary/aromatic N) is 2. The topological polar surface area (TPSA) is 43.6 Å². The third-order valence-corrected chi connectivity index (χ3v) is 6.35.